The van der Waals surface area contributed by atoms with Gasteiger partial charge in [-0.25, -0.2) is 0 Å². The Bertz CT molecular complexity index is 41.8. The predicted molar refractivity (Wildman–Crippen MR) is 39.3 cm³/mol. The first kappa shape index (κ1) is 8.31. The summed E-state index contributed by atoms with van der Waals surface area (Å²) in [6.07, 6.45) is 3.97. The maximum atomic E-state index is 9.03. The number of thioether (sulfide) groups is 1. The van der Waals surface area contributed by atoms with Crippen molar-refractivity contribution in [1.82, 2.24) is 0 Å². The van der Waals surface area contributed by atoms with Crippen LogP contribution in [0.15, 0.2) is 0 Å². The second kappa shape index (κ2) is 5.45. The molecule has 1 unspecified atom stereocenters. The summed E-state index contributed by atoms with van der Waals surface area (Å²) >= 11 is 1.70. The van der Waals surface area contributed by atoms with Crippen LogP contribution in [0.1, 0.15) is 19.8 Å². The van der Waals surface area contributed by atoms with E-state index in [1.165, 1.54) is 0 Å². The molecule has 1 N–H and O–H groups in total. The van der Waals surface area contributed by atoms with Crippen LogP contribution in [0.3, 0.4) is 0 Å². The molecule has 0 aromatic carbocycles. The number of aliphatic hydroxyl groups is 1. The molecule has 1 nitrogen and oxygen atoms in total. The van der Waals surface area contributed by atoms with Crippen LogP contribution < -0.4 is 0 Å². The van der Waals surface area contributed by atoms with E-state index in [0.29, 0.717) is 0 Å². The summed E-state index contributed by atoms with van der Waals surface area (Å²) in [7, 11) is 0. The normalized spacial score (nSPS) is 13.9. The van der Waals surface area contributed by atoms with E-state index in [9.17, 15) is 0 Å². The van der Waals surface area contributed by atoms with E-state index < -0.39 is 0 Å². The molecule has 0 saturated carbocycles. The molecule has 8 heavy (non-hydrogen) atoms. The summed E-state index contributed by atoms with van der Waals surface area (Å²) in [6.45, 7) is 2.09. The summed E-state index contributed by atoms with van der Waals surface area (Å²) in [5.74, 6) is 0.883. The van der Waals surface area contributed by atoms with Gasteiger partial charge in [0.2, 0.25) is 0 Å². The molecule has 1 atom stereocenters. The Labute approximate surface area is 55.5 Å². The van der Waals surface area contributed by atoms with Gasteiger partial charge in [0.05, 0.1) is 6.10 Å². The summed E-state index contributed by atoms with van der Waals surface area (Å²) in [4.78, 5) is 0. The van der Waals surface area contributed by atoms with E-state index in [-0.39, 0.29) is 6.10 Å². The topological polar surface area (TPSA) is 20.2 Å². The molecule has 50 valence electrons. The molecule has 0 aliphatic heterocycles. The molecule has 0 heterocycles. The van der Waals surface area contributed by atoms with E-state index in [4.69, 9.17) is 5.11 Å². The first-order chi connectivity index (χ1) is 3.81. The number of hydrogen-bond acceptors (Lipinski definition) is 2. The number of rotatable bonds is 4. The predicted octanol–water partition coefficient (Wildman–Crippen LogP) is 1.51. The Morgan fingerprint density at radius 2 is 2.25 bits per heavy atom. The van der Waals surface area contributed by atoms with Crippen molar-refractivity contribution in [1.29, 1.82) is 0 Å². The molecule has 0 aliphatic rings. The van der Waals surface area contributed by atoms with Gasteiger partial charge in [0.25, 0.3) is 0 Å². The van der Waals surface area contributed by atoms with Gasteiger partial charge < -0.3 is 5.11 Å². The van der Waals surface area contributed by atoms with E-state index >= 15 is 0 Å². The third-order valence-corrected chi connectivity index (χ3v) is 1.70. The van der Waals surface area contributed by atoms with Crippen molar-refractivity contribution in [3.63, 3.8) is 0 Å². The fourth-order valence-corrected chi connectivity index (χ4v) is 1.16. The zero-order chi connectivity index (χ0) is 6.41. The summed E-state index contributed by atoms with van der Waals surface area (Å²) < 4.78 is 0. The van der Waals surface area contributed by atoms with Gasteiger partial charge in [-0.15, -0.1) is 0 Å². The zero-order valence-corrected chi connectivity index (χ0v) is 6.37. The lowest BCUT2D eigenvalue weighted by Crippen LogP contribution is -2.07. The van der Waals surface area contributed by atoms with Crippen molar-refractivity contribution in [3.05, 3.63) is 0 Å². The van der Waals surface area contributed by atoms with E-state index in [0.717, 1.165) is 18.6 Å². The molecule has 0 aliphatic carbocycles. The standard InChI is InChI=1S/C6H14OS/c1-3-4-6(7)5-8-2/h6-7H,3-5H2,1-2H3. The van der Waals surface area contributed by atoms with Gasteiger partial charge in [-0.3, -0.25) is 0 Å². The fraction of sp³-hybridized carbons (Fsp3) is 1.00. The van der Waals surface area contributed by atoms with Crippen molar-refractivity contribution in [2.45, 2.75) is 25.9 Å². The van der Waals surface area contributed by atoms with Gasteiger partial charge in [0, 0.05) is 5.75 Å². The van der Waals surface area contributed by atoms with Gasteiger partial charge in [0.15, 0.2) is 0 Å². The average Bonchev–Trinajstić information content (AvgIpc) is 1.68. The van der Waals surface area contributed by atoms with Gasteiger partial charge in [-0.05, 0) is 12.7 Å². The highest BCUT2D eigenvalue weighted by atomic mass is 32.2. The summed E-state index contributed by atoms with van der Waals surface area (Å²) in [5.41, 5.74) is 0. The molecule has 0 aromatic heterocycles. The SMILES string of the molecule is CCCC(O)CSC. The molecule has 0 spiro atoms. The molecular weight excluding hydrogens is 120 g/mol. The Hall–Kier alpha value is 0.310. The minimum atomic E-state index is -0.0741. The molecule has 0 fully saturated rings. The highest BCUT2D eigenvalue weighted by molar-refractivity contribution is 7.98. The quantitative estimate of drug-likeness (QED) is 0.629. The highest BCUT2D eigenvalue weighted by Gasteiger charge is 1.98. The second-order valence-corrected chi connectivity index (χ2v) is 2.81. The van der Waals surface area contributed by atoms with Crippen molar-refractivity contribution >= 4 is 11.8 Å². The first-order valence-corrected chi connectivity index (χ1v) is 4.37. The number of aliphatic hydroxyl groups excluding tert-OH is 1. The van der Waals surface area contributed by atoms with Gasteiger partial charge in [0.1, 0.15) is 0 Å². The van der Waals surface area contributed by atoms with Crippen LogP contribution in [0.5, 0.6) is 0 Å². The van der Waals surface area contributed by atoms with Crippen LogP contribution >= 0.6 is 11.8 Å². The molecule has 0 aromatic rings. The molecular formula is C6H14OS. The third-order valence-electron chi connectivity index (χ3n) is 0.981. The van der Waals surface area contributed by atoms with Crippen LogP contribution in [0.4, 0.5) is 0 Å². The monoisotopic (exact) mass is 134 g/mol. The average molecular weight is 134 g/mol. The molecule has 0 saturated heterocycles. The minimum Gasteiger partial charge on any atom is -0.392 e. The molecule has 0 bridgehead atoms. The summed E-state index contributed by atoms with van der Waals surface area (Å²) in [6, 6.07) is 0. The lowest BCUT2D eigenvalue weighted by molar-refractivity contribution is 0.188. The van der Waals surface area contributed by atoms with E-state index in [1.54, 1.807) is 11.8 Å². The largest absolute Gasteiger partial charge is 0.392 e. The second-order valence-electron chi connectivity index (χ2n) is 1.90. The Kier molecular flexibility index (Phi) is 5.66. The van der Waals surface area contributed by atoms with Gasteiger partial charge >= 0.3 is 0 Å². The van der Waals surface area contributed by atoms with Crippen LogP contribution in [-0.4, -0.2) is 23.2 Å². The number of hydrogen-bond donors (Lipinski definition) is 1. The van der Waals surface area contributed by atoms with Gasteiger partial charge in [-0.2, -0.15) is 11.8 Å². The fourth-order valence-electron chi connectivity index (χ4n) is 0.609. The molecule has 0 radical (unpaired) electrons. The van der Waals surface area contributed by atoms with E-state index in [1.807, 2.05) is 6.26 Å². The molecule has 0 amide bonds. The van der Waals surface area contributed by atoms with Crippen LogP contribution in [-0.2, 0) is 0 Å². The Balaban J connectivity index is 2.92. The van der Waals surface area contributed by atoms with Crippen molar-refractivity contribution < 1.29 is 5.11 Å². The maximum Gasteiger partial charge on any atom is 0.0630 e. The highest BCUT2D eigenvalue weighted by Crippen LogP contribution is 2.02. The van der Waals surface area contributed by atoms with Crippen molar-refractivity contribution in [2.24, 2.45) is 0 Å². The minimum absolute atomic E-state index is 0.0741. The van der Waals surface area contributed by atoms with Crippen molar-refractivity contribution in [2.75, 3.05) is 12.0 Å². The molecule has 0 rings (SSSR count). The third kappa shape index (κ3) is 4.47. The first-order valence-electron chi connectivity index (χ1n) is 2.98. The van der Waals surface area contributed by atoms with E-state index in [2.05, 4.69) is 6.92 Å². The van der Waals surface area contributed by atoms with Crippen molar-refractivity contribution in [3.8, 4) is 0 Å². The maximum absolute atomic E-state index is 9.03. The van der Waals surface area contributed by atoms with Crippen LogP contribution in [0, 0.1) is 0 Å². The zero-order valence-electron chi connectivity index (χ0n) is 5.55. The summed E-state index contributed by atoms with van der Waals surface area (Å²) in [5, 5.41) is 9.03. The Morgan fingerprint density at radius 1 is 1.62 bits per heavy atom. The molecule has 2 heteroatoms. The van der Waals surface area contributed by atoms with Crippen LogP contribution in [0.2, 0.25) is 0 Å². The van der Waals surface area contributed by atoms with Gasteiger partial charge in [-0.1, -0.05) is 13.3 Å². The smallest absolute Gasteiger partial charge is 0.0630 e. The lowest BCUT2D eigenvalue weighted by Gasteiger charge is -2.04. The Morgan fingerprint density at radius 3 is 2.62 bits per heavy atom. The van der Waals surface area contributed by atoms with Crippen LogP contribution in [0.25, 0.3) is 0 Å². The lowest BCUT2D eigenvalue weighted by atomic mass is 10.2.